The number of sulfonamides is 1. The Morgan fingerprint density at radius 2 is 1.70 bits per heavy atom. The lowest BCUT2D eigenvalue weighted by molar-refractivity contribution is -0.117. The number of amides is 1. The first kappa shape index (κ1) is 18.1. The van der Waals surface area contributed by atoms with E-state index in [1.807, 2.05) is 0 Å². The van der Waals surface area contributed by atoms with Crippen molar-refractivity contribution in [2.75, 3.05) is 24.5 Å². The van der Waals surface area contributed by atoms with Gasteiger partial charge in [-0.25, -0.2) is 17.2 Å². The third kappa shape index (κ3) is 3.23. The zero-order valence-electron chi connectivity index (χ0n) is 14.4. The van der Waals surface area contributed by atoms with E-state index in [0.29, 0.717) is 18.7 Å². The van der Waals surface area contributed by atoms with E-state index >= 15 is 0 Å². The first-order valence-corrected chi connectivity index (χ1v) is 10.0. The van der Waals surface area contributed by atoms with E-state index in [1.165, 1.54) is 34.6 Å². The average Bonchev–Trinajstić information content (AvgIpc) is 3.19. The summed E-state index contributed by atoms with van der Waals surface area (Å²) in [4.78, 5) is 14.0. The van der Waals surface area contributed by atoms with Gasteiger partial charge in [0.1, 0.15) is 11.6 Å². The van der Waals surface area contributed by atoms with Crippen molar-refractivity contribution in [1.29, 1.82) is 0 Å². The molecule has 0 bridgehead atoms. The first-order chi connectivity index (χ1) is 12.8. The maximum absolute atomic E-state index is 13.4. The molecular formula is C19H18F2N2O3S. The van der Waals surface area contributed by atoms with Gasteiger partial charge in [-0.1, -0.05) is 6.07 Å². The molecule has 8 heteroatoms. The molecule has 142 valence electrons. The van der Waals surface area contributed by atoms with Gasteiger partial charge in [0.2, 0.25) is 15.9 Å². The second kappa shape index (κ2) is 6.38. The van der Waals surface area contributed by atoms with Crippen molar-refractivity contribution in [2.45, 2.75) is 17.7 Å². The molecule has 1 amide bonds. The van der Waals surface area contributed by atoms with Crippen LogP contribution in [0.4, 0.5) is 14.5 Å². The highest BCUT2D eigenvalue weighted by Gasteiger charge is 2.50. The van der Waals surface area contributed by atoms with Crippen LogP contribution in [0.3, 0.4) is 0 Å². The van der Waals surface area contributed by atoms with E-state index in [0.717, 1.165) is 6.07 Å². The number of carbonyl (C=O) groups excluding carboxylic acids is 1. The van der Waals surface area contributed by atoms with Crippen LogP contribution in [-0.2, 0) is 14.8 Å². The Labute approximate surface area is 156 Å². The van der Waals surface area contributed by atoms with E-state index in [9.17, 15) is 22.0 Å². The van der Waals surface area contributed by atoms with Gasteiger partial charge in [-0.05, 0) is 48.9 Å². The van der Waals surface area contributed by atoms with Gasteiger partial charge < -0.3 is 4.90 Å². The number of hydrogen-bond acceptors (Lipinski definition) is 3. The molecular weight excluding hydrogens is 374 g/mol. The minimum atomic E-state index is -3.82. The van der Waals surface area contributed by atoms with Crippen molar-refractivity contribution >= 4 is 21.6 Å². The van der Waals surface area contributed by atoms with Crippen LogP contribution in [0.1, 0.15) is 12.8 Å². The number of hydrogen-bond donors (Lipinski definition) is 0. The van der Waals surface area contributed by atoms with E-state index in [1.54, 1.807) is 17.0 Å². The van der Waals surface area contributed by atoms with Crippen molar-refractivity contribution in [3.63, 3.8) is 0 Å². The van der Waals surface area contributed by atoms with E-state index in [4.69, 9.17) is 0 Å². The van der Waals surface area contributed by atoms with E-state index in [2.05, 4.69) is 0 Å². The number of carbonyl (C=O) groups is 1. The smallest absolute Gasteiger partial charge is 0.243 e. The Hall–Kier alpha value is -2.32. The van der Waals surface area contributed by atoms with Crippen molar-refractivity contribution < 1.29 is 22.0 Å². The summed E-state index contributed by atoms with van der Waals surface area (Å²) in [5.74, 6) is -1.09. The summed E-state index contributed by atoms with van der Waals surface area (Å²) < 4.78 is 53.5. The Bertz CT molecular complexity index is 994. The molecule has 4 rings (SSSR count). The van der Waals surface area contributed by atoms with Crippen molar-refractivity contribution in [1.82, 2.24) is 4.31 Å². The minimum Gasteiger partial charge on any atom is -0.312 e. The molecule has 27 heavy (non-hydrogen) atoms. The molecule has 0 saturated carbocycles. The summed E-state index contributed by atoms with van der Waals surface area (Å²) in [6.07, 6.45) is 0.782. The molecule has 2 saturated heterocycles. The SMILES string of the molecule is O=C1C[C@]2(CCN(S(=O)(=O)c3cccc(F)c3)C2)CN1c1ccc(F)cc1. The second-order valence-corrected chi connectivity index (χ2v) is 9.12. The van der Waals surface area contributed by atoms with Crippen LogP contribution in [-0.4, -0.2) is 38.3 Å². The Kier molecular flexibility index (Phi) is 4.27. The molecule has 2 fully saturated rings. The fourth-order valence-electron chi connectivity index (χ4n) is 3.90. The Morgan fingerprint density at radius 3 is 2.41 bits per heavy atom. The summed E-state index contributed by atoms with van der Waals surface area (Å²) in [6.45, 7) is 0.866. The highest BCUT2D eigenvalue weighted by molar-refractivity contribution is 7.89. The van der Waals surface area contributed by atoms with Crippen LogP contribution >= 0.6 is 0 Å². The van der Waals surface area contributed by atoms with E-state index in [-0.39, 0.29) is 36.1 Å². The fourth-order valence-corrected chi connectivity index (χ4v) is 5.49. The maximum atomic E-state index is 13.4. The van der Waals surface area contributed by atoms with Crippen LogP contribution in [0.5, 0.6) is 0 Å². The van der Waals surface area contributed by atoms with Crippen LogP contribution in [0.2, 0.25) is 0 Å². The molecule has 2 aromatic rings. The molecule has 0 aromatic heterocycles. The summed E-state index contributed by atoms with van der Waals surface area (Å²) in [5.41, 5.74) is 0.121. The average molecular weight is 392 g/mol. The number of halogens is 2. The number of rotatable bonds is 3. The zero-order chi connectivity index (χ0) is 19.2. The summed E-state index contributed by atoms with van der Waals surface area (Å²) in [5, 5.41) is 0. The summed E-state index contributed by atoms with van der Waals surface area (Å²) in [7, 11) is -3.82. The van der Waals surface area contributed by atoms with E-state index < -0.39 is 21.3 Å². The second-order valence-electron chi connectivity index (χ2n) is 7.18. The lowest BCUT2D eigenvalue weighted by Gasteiger charge is -2.24. The highest BCUT2D eigenvalue weighted by atomic mass is 32.2. The van der Waals surface area contributed by atoms with Gasteiger partial charge in [-0.3, -0.25) is 4.79 Å². The molecule has 0 unspecified atom stereocenters. The standard InChI is InChI=1S/C19H18F2N2O3S/c20-14-4-6-16(7-5-14)23-13-19(11-18(23)24)8-9-22(12-19)27(25,26)17-3-1-2-15(21)10-17/h1-7,10H,8-9,11-13H2/t19-/m0/s1. The minimum absolute atomic E-state index is 0.0840. The molecule has 2 aromatic carbocycles. The van der Waals surface area contributed by atoms with Gasteiger partial charge in [0, 0.05) is 37.2 Å². The zero-order valence-corrected chi connectivity index (χ0v) is 15.3. The molecule has 2 aliphatic rings. The monoisotopic (exact) mass is 392 g/mol. The van der Waals surface area contributed by atoms with Crippen molar-refractivity contribution in [3.8, 4) is 0 Å². The Balaban J connectivity index is 1.55. The first-order valence-electron chi connectivity index (χ1n) is 8.61. The van der Waals surface area contributed by atoms with Crippen LogP contribution < -0.4 is 4.90 Å². The third-order valence-electron chi connectivity index (χ3n) is 5.30. The van der Waals surface area contributed by atoms with Crippen LogP contribution in [0, 0.1) is 17.0 Å². The van der Waals surface area contributed by atoms with Crippen molar-refractivity contribution in [2.24, 2.45) is 5.41 Å². The number of benzene rings is 2. The van der Waals surface area contributed by atoms with Gasteiger partial charge >= 0.3 is 0 Å². The molecule has 5 nitrogen and oxygen atoms in total. The number of nitrogens with zero attached hydrogens (tertiary/aromatic N) is 2. The highest BCUT2D eigenvalue weighted by Crippen LogP contribution is 2.43. The maximum Gasteiger partial charge on any atom is 0.243 e. The molecule has 2 heterocycles. The quantitative estimate of drug-likeness (QED) is 0.807. The predicted molar refractivity (Wildman–Crippen MR) is 95.6 cm³/mol. The molecule has 0 N–H and O–H groups in total. The lowest BCUT2D eigenvalue weighted by Crippen LogP contribution is -2.34. The largest absolute Gasteiger partial charge is 0.312 e. The van der Waals surface area contributed by atoms with Gasteiger partial charge in [0.05, 0.1) is 4.90 Å². The third-order valence-corrected chi connectivity index (χ3v) is 7.14. The van der Waals surface area contributed by atoms with Crippen LogP contribution in [0.15, 0.2) is 53.4 Å². The summed E-state index contributed by atoms with van der Waals surface area (Å²) in [6, 6.07) is 10.6. The van der Waals surface area contributed by atoms with Gasteiger partial charge in [-0.2, -0.15) is 4.31 Å². The number of anilines is 1. The molecule has 1 atom stereocenters. The normalized spacial score (nSPS) is 23.5. The van der Waals surface area contributed by atoms with Crippen LogP contribution in [0.25, 0.3) is 0 Å². The molecule has 0 radical (unpaired) electrons. The molecule has 2 aliphatic heterocycles. The van der Waals surface area contributed by atoms with Gasteiger partial charge in [-0.15, -0.1) is 0 Å². The topological polar surface area (TPSA) is 57.7 Å². The molecule has 1 spiro atoms. The van der Waals surface area contributed by atoms with Gasteiger partial charge in [0.25, 0.3) is 0 Å². The Morgan fingerprint density at radius 1 is 0.963 bits per heavy atom. The van der Waals surface area contributed by atoms with Gasteiger partial charge in [0.15, 0.2) is 0 Å². The summed E-state index contributed by atoms with van der Waals surface area (Å²) >= 11 is 0. The van der Waals surface area contributed by atoms with Crippen molar-refractivity contribution in [3.05, 3.63) is 60.2 Å². The molecule has 0 aliphatic carbocycles. The lowest BCUT2D eigenvalue weighted by atomic mass is 9.86. The predicted octanol–water partition coefficient (Wildman–Crippen LogP) is 2.78. The fraction of sp³-hybridized carbons (Fsp3) is 0.316.